The van der Waals surface area contributed by atoms with Gasteiger partial charge in [0.15, 0.2) is 5.69 Å². The first-order valence-corrected chi connectivity index (χ1v) is 12.4. The molecular formula is C27H28KN3O3S-2. The average Bonchev–Trinajstić information content (AvgIpc) is 3.51. The minimum absolute atomic E-state index is 0. The summed E-state index contributed by atoms with van der Waals surface area (Å²) in [5.74, 6) is 1.18. The van der Waals surface area contributed by atoms with E-state index in [0.29, 0.717) is 17.9 Å². The van der Waals surface area contributed by atoms with Gasteiger partial charge < -0.3 is 28.1 Å². The van der Waals surface area contributed by atoms with Gasteiger partial charge in [-0.15, -0.1) is 18.2 Å². The molecule has 2 aromatic carbocycles. The van der Waals surface area contributed by atoms with Crippen LogP contribution in [0.3, 0.4) is 0 Å². The third kappa shape index (κ3) is 7.78. The Balaban J connectivity index is 0.000000429. The summed E-state index contributed by atoms with van der Waals surface area (Å²) in [7, 11) is 1.70. The molecule has 2 amide bonds. The maximum Gasteiger partial charge on any atom is 1.00 e. The van der Waals surface area contributed by atoms with E-state index in [0.717, 1.165) is 22.1 Å². The normalized spacial score (nSPS) is 19.0. The van der Waals surface area contributed by atoms with Crippen LogP contribution in [-0.2, 0) is 11.2 Å². The average molecular weight is 514 g/mol. The van der Waals surface area contributed by atoms with Crippen LogP contribution < -0.4 is 61.6 Å². The molecule has 1 aliphatic carbocycles. The van der Waals surface area contributed by atoms with E-state index in [-0.39, 0.29) is 63.0 Å². The summed E-state index contributed by atoms with van der Waals surface area (Å²) in [6, 6.07) is 19.3. The molecule has 6 nitrogen and oxygen atoms in total. The molecule has 1 fully saturated rings. The number of fused-ring (bicyclic) bond motifs is 1. The number of aromatic nitrogens is 1. The summed E-state index contributed by atoms with van der Waals surface area (Å²) in [6.45, 7) is 3.91. The largest absolute Gasteiger partial charge is 1.00 e. The third-order valence-corrected chi connectivity index (χ3v) is 6.95. The van der Waals surface area contributed by atoms with Crippen molar-refractivity contribution in [1.29, 1.82) is 0 Å². The van der Waals surface area contributed by atoms with Crippen LogP contribution in [-0.4, -0.2) is 35.8 Å². The van der Waals surface area contributed by atoms with Crippen LogP contribution in [0.15, 0.2) is 64.0 Å². The second-order valence-electron chi connectivity index (χ2n) is 8.44. The molecule has 1 unspecified atom stereocenters. The van der Waals surface area contributed by atoms with Crippen LogP contribution in [0, 0.1) is 25.3 Å². The van der Waals surface area contributed by atoms with E-state index >= 15 is 0 Å². The number of rotatable bonds is 4. The van der Waals surface area contributed by atoms with Crippen molar-refractivity contribution in [2.45, 2.75) is 36.6 Å². The van der Waals surface area contributed by atoms with Crippen LogP contribution in [0.5, 0.6) is 0 Å². The van der Waals surface area contributed by atoms with E-state index < -0.39 is 11.9 Å². The molecule has 0 radical (unpaired) electrons. The SMILES string of the molecule is CN1C(=O)[C@@H](NC(=O)c2cc(Cc3ccccc3)on2)CSc2cc[c-]cc21.[CH2-]C1C[CH-]CC1.[K+]. The molecule has 2 aliphatic rings. The molecule has 178 valence electrons. The fraction of sp³-hybridized carbons (Fsp3) is 0.296. The van der Waals surface area contributed by atoms with Crippen molar-refractivity contribution < 1.29 is 65.5 Å². The maximum atomic E-state index is 12.8. The van der Waals surface area contributed by atoms with E-state index in [9.17, 15) is 9.59 Å². The first-order chi connectivity index (χ1) is 16.5. The van der Waals surface area contributed by atoms with Crippen LogP contribution >= 0.6 is 11.8 Å². The van der Waals surface area contributed by atoms with Gasteiger partial charge in [-0.05, 0) is 5.56 Å². The van der Waals surface area contributed by atoms with Crippen molar-refractivity contribution in [3.63, 3.8) is 0 Å². The Morgan fingerprint density at radius 3 is 2.83 bits per heavy atom. The number of nitrogens with one attached hydrogen (secondary N) is 1. The summed E-state index contributed by atoms with van der Waals surface area (Å²) >= 11 is 1.53. The van der Waals surface area contributed by atoms with Crippen LogP contribution in [0.4, 0.5) is 5.69 Å². The van der Waals surface area contributed by atoms with Gasteiger partial charge in [-0.3, -0.25) is 9.59 Å². The molecule has 0 bridgehead atoms. The standard InChI is InChI=1S/C21H18N3O3S.C6H10.K/c1-24-18-9-5-6-10-19(18)28-13-17(21(24)26)22-20(25)16-12-15(27-23-16)11-14-7-3-2-4-8-14;1-6-4-2-3-5-6;/h2-4,6-10,12,17H,11,13H2,1H3,(H,22,25);2,6H,1,3-5H2;/q-1;-2;+1/t17-;;/m0../s1. The Morgan fingerprint density at radius 1 is 1.34 bits per heavy atom. The first kappa shape index (κ1) is 28.2. The number of benzene rings is 2. The van der Waals surface area contributed by atoms with Crippen molar-refractivity contribution in [3.05, 3.63) is 91.0 Å². The number of anilines is 1. The summed E-state index contributed by atoms with van der Waals surface area (Å²) in [6.07, 6.45) is 6.74. The summed E-state index contributed by atoms with van der Waals surface area (Å²) in [5, 5.41) is 6.64. The fourth-order valence-corrected chi connectivity index (χ4v) is 4.93. The molecular weight excluding hydrogens is 485 g/mol. The number of likely N-dealkylation sites (N-methyl/N-ethyl adjacent to an activating group) is 1. The molecule has 35 heavy (non-hydrogen) atoms. The summed E-state index contributed by atoms with van der Waals surface area (Å²) in [4.78, 5) is 27.9. The number of hydrogen-bond donors (Lipinski definition) is 1. The monoisotopic (exact) mass is 513 g/mol. The van der Waals surface area contributed by atoms with Gasteiger partial charge in [0.05, 0.1) is 0 Å². The smallest absolute Gasteiger partial charge is 0.366 e. The van der Waals surface area contributed by atoms with Crippen molar-refractivity contribution in [2.75, 3.05) is 17.7 Å². The number of hydrogen-bond acceptors (Lipinski definition) is 5. The van der Waals surface area contributed by atoms with Gasteiger partial charge in [0, 0.05) is 25.3 Å². The van der Waals surface area contributed by atoms with Crippen molar-refractivity contribution in [3.8, 4) is 0 Å². The summed E-state index contributed by atoms with van der Waals surface area (Å²) < 4.78 is 5.29. The van der Waals surface area contributed by atoms with E-state index in [4.69, 9.17) is 4.52 Å². The predicted molar refractivity (Wildman–Crippen MR) is 133 cm³/mol. The molecule has 3 aromatic rings. The Bertz CT molecular complexity index is 1120. The van der Waals surface area contributed by atoms with Gasteiger partial charge in [0.25, 0.3) is 5.91 Å². The second-order valence-corrected chi connectivity index (χ2v) is 9.50. The maximum absolute atomic E-state index is 12.8. The van der Waals surface area contributed by atoms with E-state index in [1.807, 2.05) is 42.5 Å². The molecule has 1 N–H and O–H groups in total. The number of amides is 2. The zero-order chi connectivity index (χ0) is 23.9. The van der Waals surface area contributed by atoms with E-state index in [1.165, 1.54) is 31.0 Å². The Morgan fingerprint density at radius 2 is 2.14 bits per heavy atom. The van der Waals surface area contributed by atoms with Gasteiger partial charge in [-0.1, -0.05) is 46.1 Å². The predicted octanol–water partition coefficient (Wildman–Crippen LogP) is 1.76. The van der Waals surface area contributed by atoms with Gasteiger partial charge in [-0.25, -0.2) is 6.42 Å². The second kappa shape index (κ2) is 13.8. The Hall–Kier alpha value is -1.42. The van der Waals surface area contributed by atoms with Crippen LogP contribution in [0.25, 0.3) is 0 Å². The molecule has 1 aliphatic heterocycles. The number of thioether (sulfide) groups is 1. The number of nitrogens with zero attached hydrogens (tertiary/aromatic N) is 2. The molecule has 0 spiro atoms. The number of carbonyl (C=O) groups is 2. The van der Waals surface area contributed by atoms with Gasteiger partial charge in [0.2, 0.25) is 5.91 Å². The van der Waals surface area contributed by atoms with Crippen molar-refractivity contribution in [2.24, 2.45) is 5.92 Å². The first-order valence-electron chi connectivity index (χ1n) is 11.4. The van der Waals surface area contributed by atoms with Gasteiger partial charge >= 0.3 is 51.4 Å². The molecule has 2 heterocycles. The third-order valence-electron chi connectivity index (χ3n) is 5.80. The zero-order valence-electron chi connectivity index (χ0n) is 20.2. The van der Waals surface area contributed by atoms with E-state index in [1.54, 1.807) is 24.1 Å². The Kier molecular flexibility index (Phi) is 11.1. The van der Waals surface area contributed by atoms with E-state index in [2.05, 4.69) is 29.9 Å². The number of carbonyl (C=O) groups excluding carboxylic acids is 2. The molecule has 2 atom stereocenters. The van der Waals surface area contributed by atoms with Gasteiger partial charge in [0.1, 0.15) is 11.8 Å². The topological polar surface area (TPSA) is 75.4 Å². The molecule has 8 heteroatoms. The minimum atomic E-state index is -0.649. The Labute approximate surface area is 254 Å². The molecule has 5 rings (SSSR count). The quantitative estimate of drug-likeness (QED) is 0.425. The van der Waals surface area contributed by atoms with Crippen molar-refractivity contribution in [1.82, 2.24) is 10.5 Å². The minimum Gasteiger partial charge on any atom is -0.366 e. The summed E-state index contributed by atoms with van der Waals surface area (Å²) in [5.41, 5.74) is 2.03. The molecule has 1 saturated carbocycles. The van der Waals surface area contributed by atoms with Crippen LogP contribution in [0.1, 0.15) is 41.1 Å². The zero-order valence-corrected chi connectivity index (χ0v) is 24.1. The fourth-order valence-electron chi connectivity index (χ4n) is 3.85. The van der Waals surface area contributed by atoms with Crippen LogP contribution in [0.2, 0.25) is 0 Å². The molecule has 1 aromatic heterocycles. The molecule has 0 saturated heterocycles. The van der Waals surface area contributed by atoms with Crippen molar-refractivity contribution >= 4 is 29.3 Å². The van der Waals surface area contributed by atoms with Gasteiger partial charge in [-0.2, -0.15) is 36.6 Å².